The monoisotopic (exact) mass is 478 g/mol. The molecule has 0 saturated heterocycles. The van der Waals surface area contributed by atoms with Crippen molar-refractivity contribution in [2.75, 3.05) is 6.61 Å². The molecule has 1 heterocycles. The molecule has 27 heavy (non-hydrogen) atoms. The molecule has 0 amide bonds. The molecular formula is C22H23IO4. The van der Waals surface area contributed by atoms with Gasteiger partial charge in [-0.3, -0.25) is 4.79 Å². The minimum absolute atomic E-state index is 0.208. The minimum atomic E-state index is -0.246. The zero-order valence-corrected chi connectivity index (χ0v) is 17.9. The Hall–Kier alpha value is -2.02. The van der Waals surface area contributed by atoms with Crippen LogP contribution in [0.15, 0.2) is 46.9 Å². The van der Waals surface area contributed by atoms with E-state index in [1.807, 2.05) is 24.3 Å². The zero-order valence-electron chi connectivity index (χ0n) is 15.8. The predicted octanol–water partition coefficient (Wildman–Crippen LogP) is 5.85. The first-order valence-corrected chi connectivity index (χ1v) is 10.1. The summed E-state index contributed by atoms with van der Waals surface area (Å²) in [6, 6.07) is 13.8. The second kappa shape index (κ2) is 8.78. The number of fused-ring (bicyclic) bond motifs is 1. The smallest absolute Gasteiger partial charge is 0.310 e. The molecule has 3 rings (SSSR count). The van der Waals surface area contributed by atoms with E-state index in [1.165, 1.54) is 0 Å². The molecule has 3 aromatic rings. The van der Waals surface area contributed by atoms with Crippen LogP contribution in [-0.2, 0) is 22.6 Å². The highest BCUT2D eigenvalue weighted by Gasteiger charge is 2.13. The van der Waals surface area contributed by atoms with E-state index in [2.05, 4.69) is 54.6 Å². The fourth-order valence-corrected chi connectivity index (χ4v) is 3.70. The molecule has 4 nitrogen and oxygen atoms in total. The molecule has 0 saturated carbocycles. The standard InChI is InChI=1S/C22H23IO4/c1-4-25-21(24)12-16-7-5-6-8-19(16)26-13-15-9-17-11-20(14(2)3)27-22(17)18(23)10-15/h5-11,14H,4,12-13H2,1-3H3. The Bertz CT molecular complexity index is 943. The molecule has 0 spiro atoms. The summed E-state index contributed by atoms with van der Waals surface area (Å²) >= 11 is 2.30. The molecule has 0 atom stereocenters. The van der Waals surface area contributed by atoms with Gasteiger partial charge in [-0.25, -0.2) is 0 Å². The van der Waals surface area contributed by atoms with Crippen molar-refractivity contribution in [1.82, 2.24) is 0 Å². The third-order valence-electron chi connectivity index (χ3n) is 4.23. The van der Waals surface area contributed by atoms with Gasteiger partial charge in [0, 0.05) is 16.9 Å². The summed E-state index contributed by atoms with van der Waals surface area (Å²) in [6.07, 6.45) is 0.208. The summed E-state index contributed by atoms with van der Waals surface area (Å²) in [4.78, 5) is 11.8. The van der Waals surface area contributed by atoms with Crippen LogP contribution in [0, 0.1) is 3.57 Å². The molecule has 0 N–H and O–H groups in total. The third-order valence-corrected chi connectivity index (χ3v) is 5.03. The van der Waals surface area contributed by atoms with Gasteiger partial charge in [-0.15, -0.1) is 0 Å². The Balaban J connectivity index is 1.78. The quantitative estimate of drug-likeness (QED) is 0.316. The molecular weight excluding hydrogens is 455 g/mol. The van der Waals surface area contributed by atoms with Gasteiger partial charge in [-0.1, -0.05) is 32.0 Å². The predicted molar refractivity (Wildman–Crippen MR) is 114 cm³/mol. The van der Waals surface area contributed by atoms with Crippen LogP contribution in [0.25, 0.3) is 11.0 Å². The van der Waals surface area contributed by atoms with Gasteiger partial charge in [0.15, 0.2) is 0 Å². The second-order valence-corrected chi connectivity index (χ2v) is 7.84. The zero-order chi connectivity index (χ0) is 19.4. The lowest BCUT2D eigenvalue weighted by atomic mass is 10.1. The highest BCUT2D eigenvalue weighted by Crippen LogP contribution is 2.30. The molecule has 2 aromatic carbocycles. The van der Waals surface area contributed by atoms with E-state index < -0.39 is 0 Å². The number of hydrogen-bond donors (Lipinski definition) is 0. The molecule has 142 valence electrons. The van der Waals surface area contributed by atoms with Crippen molar-refractivity contribution in [3.8, 4) is 5.75 Å². The van der Waals surface area contributed by atoms with E-state index in [1.54, 1.807) is 6.92 Å². The van der Waals surface area contributed by atoms with Crippen LogP contribution in [0.2, 0.25) is 0 Å². The van der Waals surface area contributed by atoms with Gasteiger partial charge in [0.1, 0.15) is 23.7 Å². The molecule has 0 bridgehead atoms. The topological polar surface area (TPSA) is 48.7 Å². The van der Waals surface area contributed by atoms with Gasteiger partial charge in [0.05, 0.1) is 16.6 Å². The number of esters is 1. The van der Waals surface area contributed by atoms with Crippen molar-refractivity contribution >= 4 is 39.5 Å². The first kappa shape index (κ1) is 19.7. The summed E-state index contributed by atoms with van der Waals surface area (Å²) in [6.45, 7) is 6.85. The molecule has 0 aliphatic heterocycles. The van der Waals surface area contributed by atoms with Crippen molar-refractivity contribution in [1.29, 1.82) is 0 Å². The maximum Gasteiger partial charge on any atom is 0.310 e. The van der Waals surface area contributed by atoms with E-state index in [0.29, 0.717) is 24.9 Å². The van der Waals surface area contributed by atoms with Crippen molar-refractivity contribution in [3.05, 3.63) is 62.9 Å². The number of benzene rings is 2. The number of para-hydroxylation sites is 1. The van der Waals surface area contributed by atoms with Crippen LogP contribution in [-0.4, -0.2) is 12.6 Å². The van der Waals surface area contributed by atoms with Crippen LogP contribution in [0.1, 0.15) is 43.6 Å². The average molecular weight is 478 g/mol. The first-order chi connectivity index (χ1) is 13.0. The lowest BCUT2D eigenvalue weighted by Crippen LogP contribution is -2.09. The van der Waals surface area contributed by atoms with Gasteiger partial charge in [-0.2, -0.15) is 0 Å². The number of rotatable bonds is 7. The van der Waals surface area contributed by atoms with Gasteiger partial charge in [0.2, 0.25) is 0 Å². The van der Waals surface area contributed by atoms with Gasteiger partial charge >= 0.3 is 5.97 Å². The van der Waals surface area contributed by atoms with Crippen LogP contribution < -0.4 is 4.74 Å². The molecule has 0 unspecified atom stereocenters. The van der Waals surface area contributed by atoms with Crippen LogP contribution in [0.5, 0.6) is 5.75 Å². The Labute approximate surface area is 173 Å². The molecule has 0 aliphatic rings. The van der Waals surface area contributed by atoms with Crippen LogP contribution in [0.3, 0.4) is 0 Å². The van der Waals surface area contributed by atoms with Crippen molar-refractivity contribution in [2.24, 2.45) is 0 Å². The summed E-state index contributed by atoms with van der Waals surface area (Å²) in [5.74, 6) is 1.79. The van der Waals surface area contributed by atoms with E-state index >= 15 is 0 Å². The Morgan fingerprint density at radius 1 is 1.19 bits per heavy atom. The SMILES string of the molecule is CCOC(=O)Cc1ccccc1OCc1cc(I)c2oc(C(C)C)cc2c1. The molecule has 0 fully saturated rings. The maximum atomic E-state index is 11.8. The van der Waals surface area contributed by atoms with Crippen molar-refractivity contribution in [2.45, 2.75) is 39.7 Å². The number of carbonyl (C=O) groups is 1. The van der Waals surface area contributed by atoms with Gasteiger partial charge in [-0.05, 0) is 59.3 Å². The van der Waals surface area contributed by atoms with Gasteiger partial charge in [0.25, 0.3) is 0 Å². The summed E-state index contributed by atoms with van der Waals surface area (Å²) in [5.41, 5.74) is 2.82. The number of ether oxygens (including phenoxy) is 2. The number of halogens is 1. The molecule has 0 aliphatic carbocycles. The largest absolute Gasteiger partial charge is 0.489 e. The Kier molecular flexibility index (Phi) is 6.42. The van der Waals surface area contributed by atoms with Crippen molar-refractivity contribution < 1.29 is 18.7 Å². The fraction of sp³-hybridized carbons (Fsp3) is 0.318. The summed E-state index contributed by atoms with van der Waals surface area (Å²) in [5, 5.41) is 1.09. The summed E-state index contributed by atoms with van der Waals surface area (Å²) in [7, 11) is 0. The minimum Gasteiger partial charge on any atom is -0.489 e. The fourth-order valence-electron chi connectivity index (χ4n) is 2.88. The lowest BCUT2D eigenvalue weighted by Gasteiger charge is -2.11. The van der Waals surface area contributed by atoms with E-state index in [9.17, 15) is 4.79 Å². The maximum absolute atomic E-state index is 11.8. The molecule has 1 aromatic heterocycles. The normalized spacial score (nSPS) is 11.1. The highest BCUT2D eigenvalue weighted by atomic mass is 127. The molecule has 0 radical (unpaired) electrons. The van der Waals surface area contributed by atoms with Crippen LogP contribution in [0.4, 0.5) is 0 Å². The summed E-state index contributed by atoms with van der Waals surface area (Å²) < 4.78 is 18.1. The van der Waals surface area contributed by atoms with Crippen LogP contribution >= 0.6 is 22.6 Å². The third kappa shape index (κ3) is 4.83. The van der Waals surface area contributed by atoms with E-state index in [4.69, 9.17) is 13.9 Å². The number of hydrogen-bond acceptors (Lipinski definition) is 4. The Morgan fingerprint density at radius 3 is 2.70 bits per heavy atom. The number of carbonyl (C=O) groups excluding carboxylic acids is 1. The molecule has 5 heteroatoms. The van der Waals surface area contributed by atoms with Crippen molar-refractivity contribution in [3.63, 3.8) is 0 Å². The van der Waals surface area contributed by atoms with E-state index in [-0.39, 0.29) is 12.4 Å². The highest BCUT2D eigenvalue weighted by molar-refractivity contribution is 14.1. The second-order valence-electron chi connectivity index (χ2n) is 6.68. The Morgan fingerprint density at radius 2 is 1.96 bits per heavy atom. The lowest BCUT2D eigenvalue weighted by molar-refractivity contribution is -0.142. The average Bonchev–Trinajstić information content (AvgIpc) is 3.06. The van der Waals surface area contributed by atoms with E-state index in [0.717, 1.165) is 31.4 Å². The first-order valence-electron chi connectivity index (χ1n) is 9.06. The van der Waals surface area contributed by atoms with Gasteiger partial charge < -0.3 is 13.9 Å². The number of furan rings is 1.